The molecular weight excluding hydrogens is 464 g/mol. The van der Waals surface area contributed by atoms with E-state index in [0.717, 1.165) is 18.4 Å². The SMILES string of the molecule is CO[C@H]1CCCCC(c2ccccc2)OC(=O)[C@@H](C)[C@@]2(O)O[C@H]([C@@H](C)[C@H](O)[C@H]2OC)[C@@H](C)/C=C/[C@H]1O. The highest BCUT2D eigenvalue weighted by Crippen LogP contribution is 2.41. The molecule has 1 aromatic carbocycles. The lowest BCUT2D eigenvalue weighted by molar-refractivity contribution is -0.360. The Balaban J connectivity index is 1.99. The van der Waals surface area contributed by atoms with E-state index in [-0.39, 0.29) is 12.0 Å². The topological polar surface area (TPSA) is 115 Å². The third-order valence-electron chi connectivity index (χ3n) is 7.78. The Hall–Kier alpha value is -1.81. The van der Waals surface area contributed by atoms with Crippen LogP contribution in [0.15, 0.2) is 42.5 Å². The monoisotopic (exact) mass is 506 g/mol. The van der Waals surface area contributed by atoms with Crippen LogP contribution in [-0.4, -0.2) is 71.8 Å². The van der Waals surface area contributed by atoms with Gasteiger partial charge in [0.05, 0.1) is 24.4 Å². The van der Waals surface area contributed by atoms with Gasteiger partial charge in [-0.25, -0.2) is 0 Å². The molecule has 0 aromatic heterocycles. The molecule has 202 valence electrons. The van der Waals surface area contributed by atoms with E-state index in [1.165, 1.54) is 14.0 Å². The normalized spacial score (nSPS) is 41.9. The summed E-state index contributed by atoms with van der Waals surface area (Å²) >= 11 is 0. The fourth-order valence-corrected chi connectivity index (χ4v) is 5.35. The Morgan fingerprint density at radius 3 is 2.28 bits per heavy atom. The van der Waals surface area contributed by atoms with Gasteiger partial charge < -0.3 is 34.3 Å². The standard InChI is InChI=1S/C28H42O8/c1-17-15-16-21(29)23(33-4)14-10-9-13-22(20-11-7-6-8-12-20)35-27(31)19(3)28(32)26(34-5)24(30)18(2)25(17)36-28/h6-8,11-12,15-19,21-26,29-30,32H,9-10,13-14H2,1-5H3/b16-15+/t17-,18-,19+,21+,22?,23-,24-,25-,26+,28+/m0/s1. The lowest BCUT2D eigenvalue weighted by Crippen LogP contribution is -2.66. The number of methoxy groups -OCH3 is 2. The summed E-state index contributed by atoms with van der Waals surface area (Å²) in [6.45, 7) is 5.23. The summed E-state index contributed by atoms with van der Waals surface area (Å²) in [5.74, 6) is -4.58. The highest BCUT2D eigenvalue weighted by Gasteiger charge is 2.58. The van der Waals surface area contributed by atoms with Crippen LogP contribution in [0.2, 0.25) is 0 Å². The molecule has 8 heteroatoms. The van der Waals surface area contributed by atoms with Gasteiger partial charge in [-0.05, 0) is 31.7 Å². The quantitative estimate of drug-likeness (QED) is 0.423. The zero-order valence-electron chi connectivity index (χ0n) is 21.9. The van der Waals surface area contributed by atoms with E-state index in [4.69, 9.17) is 18.9 Å². The van der Waals surface area contributed by atoms with Crippen LogP contribution in [0.25, 0.3) is 0 Å². The molecule has 36 heavy (non-hydrogen) atoms. The molecule has 3 rings (SSSR count). The fraction of sp³-hybridized carbons (Fsp3) is 0.679. The van der Waals surface area contributed by atoms with Gasteiger partial charge in [0.15, 0.2) is 0 Å². The average Bonchev–Trinajstić information content (AvgIpc) is 2.88. The van der Waals surface area contributed by atoms with Crippen LogP contribution in [0.4, 0.5) is 0 Å². The van der Waals surface area contributed by atoms with Gasteiger partial charge in [0, 0.05) is 26.1 Å². The Morgan fingerprint density at radius 2 is 1.64 bits per heavy atom. The number of carbonyl (C=O) groups is 1. The van der Waals surface area contributed by atoms with Crippen molar-refractivity contribution in [3.63, 3.8) is 0 Å². The first-order valence-electron chi connectivity index (χ1n) is 12.9. The van der Waals surface area contributed by atoms with Crippen LogP contribution < -0.4 is 0 Å². The molecule has 0 spiro atoms. The van der Waals surface area contributed by atoms with Crippen molar-refractivity contribution < 1.29 is 39.1 Å². The van der Waals surface area contributed by atoms with E-state index in [1.54, 1.807) is 19.3 Å². The van der Waals surface area contributed by atoms with Gasteiger partial charge in [-0.3, -0.25) is 4.79 Å². The van der Waals surface area contributed by atoms with Crippen LogP contribution in [0.1, 0.15) is 58.1 Å². The summed E-state index contributed by atoms with van der Waals surface area (Å²) in [6, 6.07) is 9.48. The number of esters is 1. The van der Waals surface area contributed by atoms with E-state index in [0.29, 0.717) is 12.8 Å². The van der Waals surface area contributed by atoms with Crippen LogP contribution >= 0.6 is 0 Å². The molecule has 1 fully saturated rings. The molecule has 10 atom stereocenters. The minimum Gasteiger partial charge on any atom is -0.457 e. The second-order valence-electron chi connectivity index (χ2n) is 10.2. The van der Waals surface area contributed by atoms with Crippen molar-refractivity contribution in [2.45, 2.75) is 88.9 Å². The van der Waals surface area contributed by atoms with E-state index >= 15 is 0 Å². The number of cyclic esters (lactones) is 1. The summed E-state index contributed by atoms with van der Waals surface area (Å²) in [5, 5.41) is 33.5. The zero-order chi connectivity index (χ0) is 26.5. The number of aliphatic hydroxyl groups is 3. The molecule has 2 heterocycles. The van der Waals surface area contributed by atoms with Crippen molar-refractivity contribution >= 4 is 5.97 Å². The van der Waals surface area contributed by atoms with Crippen LogP contribution in [-0.2, 0) is 23.7 Å². The van der Waals surface area contributed by atoms with Gasteiger partial charge in [0.25, 0.3) is 0 Å². The van der Waals surface area contributed by atoms with E-state index in [9.17, 15) is 20.1 Å². The lowest BCUT2D eigenvalue weighted by Gasteiger charge is -2.51. The molecule has 0 amide bonds. The van der Waals surface area contributed by atoms with Gasteiger partial charge in [0.1, 0.15) is 18.1 Å². The van der Waals surface area contributed by atoms with Crippen molar-refractivity contribution in [2.75, 3.05) is 14.2 Å². The molecule has 0 aliphatic carbocycles. The highest BCUT2D eigenvalue weighted by molar-refractivity contribution is 5.73. The number of aliphatic hydroxyl groups excluding tert-OH is 2. The van der Waals surface area contributed by atoms with Crippen molar-refractivity contribution in [3.05, 3.63) is 48.0 Å². The van der Waals surface area contributed by atoms with Gasteiger partial charge in [-0.15, -0.1) is 0 Å². The van der Waals surface area contributed by atoms with Crippen molar-refractivity contribution in [1.29, 1.82) is 0 Å². The Bertz CT molecular complexity index is 860. The molecule has 3 N–H and O–H groups in total. The van der Waals surface area contributed by atoms with E-state index in [2.05, 4.69) is 0 Å². The number of hydrogen-bond donors (Lipinski definition) is 3. The molecule has 1 unspecified atom stereocenters. The fourth-order valence-electron chi connectivity index (χ4n) is 5.35. The molecule has 2 aliphatic rings. The minimum atomic E-state index is -2.11. The maximum Gasteiger partial charge on any atom is 0.314 e. The van der Waals surface area contributed by atoms with Gasteiger partial charge in [-0.1, -0.05) is 62.8 Å². The average molecular weight is 507 g/mol. The summed E-state index contributed by atoms with van der Waals surface area (Å²) < 4.78 is 23.1. The summed E-state index contributed by atoms with van der Waals surface area (Å²) in [5.41, 5.74) is 0.852. The Morgan fingerprint density at radius 1 is 0.972 bits per heavy atom. The lowest BCUT2D eigenvalue weighted by atomic mass is 9.78. The number of ether oxygens (including phenoxy) is 4. The molecule has 2 bridgehead atoms. The maximum absolute atomic E-state index is 13.4. The van der Waals surface area contributed by atoms with Crippen LogP contribution in [0, 0.1) is 17.8 Å². The molecule has 0 saturated carbocycles. The number of carbonyl (C=O) groups excluding carboxylic acids is 1. The second kappa shape index (κ2) is 12.6. The Kier molecular flexibility index (Phi) is 10.1. The third kappa shape index (κ3) is 6.18. The smallest absolute Gasteiger partial charge is 0.314 e. The summed E-state index contributed by atoms with van der Waals surface area (Å²) in [7, 11) is 2.95. The van der Waals surface area contributed by atoms with Gasteiger partial charge in [0.2, 0.25) is 5.79 Å². The van der Waals surface area contributed by atoms with Crippen molar-refractivity contribution in [2.24, 2.45) is 17.8 Å². The first kappa shape index (κ1) is 28.8. The maximum atomic E-state index is 13.4. The molecule has 2 aliphatic heterocycles. The van der Waals surface area contributed by atoms with Gasteiger partial charge >= 0.3 is 5.97 Å². The molecule has 0 radical (unpaired) electrons. The van der Waals surface area contributed by atoms with E-state index in [1.807, 2.05) is 44.2 Å². The van der Waals surface area contributed by atoms with Crippen LogP contribution in [0.3, 0.4) is 0 Å². The zero-order valence-corrected chi connectivity index (χ0v) is 21.9. The predicted octanol–water partition coefficient (Wildman–Crippen LogP) is 3.15. The first-order chi connectivity index (χ1) is 17.1. The predicted molar refractivity (Wildman–Crippen MR) is 134 cm³/mol. The molecule has 1 aromatic rings. The summed E-state index contributed by atoms with van der Waals surface area (Å²) in [6.07, 6.45) is 1.60. The van der Waals surface area contributed by atoms with Crippen LogP contribution in [0.5, 0.6) is 0 Å². The van der Waals surface area contributed by atoms with Gasteiger partial charge in [-0.2, -0.15) is 0 Å². The number of hydrogen-bond acceptors (Lipinski definition) is 8. The van der Waals surface area contributed by atoms with Crippen molar-refractivity contribution in [3.8, 4) is 0 Å². The summed E-state index contributed by atoms with van der Waals surface area (Å²) in [4.78, 5) is 13.4. The van der Waals surface area contributed by atoms with E-state index < -0.39 is 54.1 Å². The second-order valence-corrected chi connectivity index (χ2v) is 10.2. The third-order valence-corrected chi connectivity index (χ3v) is 7.78. The minimum absolute atomic E-state index is 0.292. The van der Waals surface area contributed by atoms with Crippen molar-refractivity contribution in [1.82, 2.24) is 0 Å². The number of benzene rings is 1. The highest BCUT2D eigenvalue weighted by atomic mass is 16.7. The molecule has 8 nitrogen and oxygen atoms in total. The number of fused-ring (bicyclic) bond motifs is 2. The molecular formula is C28H42O8. The molecule has 1 saturated heterocycles. The largest absolute Gasteiger partial charge is 0.457 e. The number of rotatable bonds is 3. The first-order valence-corrected chi connectivity index (χ1v) is 12.9. The Labute approximate surface area is 214 Å².